The number of halogens is 1. The average molecular weight is 227 g/mol. The van der Waals surface area contributed by atoms with Gasteiger partial charge in [0, 0.05) is 5.02 Å². The number of hydrogen-bond acceptors (Lipinski definition) is 4. The summed E-state index contributed by atoms with van der Waals surface area (Å²) in [5, 5.41) is 4.49. The van der Waals surface area contributed by atoms with E-state index in [2.05, 4.69) is 15.3 Å². The van der Waals surface area contributed by atoms with E-state index in [-0.39, 0.29) is 5.71 Å². The lowest BCUT2D eigenvalue weighted by molar-refractivity contribution is -0.132. The molecule has 0 bridgehead atoms. The van der Waals surface area contributed by atoms with Crippen molar-refractivity contribution in [1.82, 2.24) is 0 Å². The van der Waals surface area contributed by atoms with Gasteiger partial charge in [-0.15, -0.1) is 0 Å². The monoisotopic (exact) mass is 226 g/mol. The Hall–Kier alpha value is -1.55. The van der Waals surface area contributed by atoms with E-state index >= 15 is 0 Å². The highest BCUT2D eigenvalue weighted by atomic mass is 35.5. The van der Waals surface area contributed by atoms with Crippen LogP contribution in [0.1, 0.15) is 6.92 Å². The molecule has 0 amide bonds. The molecular weight excluding hydrogens is 216 g/mol. The molecule has 0 atom stereocenters. The Morgan fingerprint density at radius 3 is 2.53 bits per heavy atom. The summed E-state index contributed by atoms with van der Waals surface area (Å²) < 4.78 is 4.49. The summed E-state index contributed by atoms with van der Waals surface area (Å²) in [5.41, 5.74) is 3.72. The number of benzene rings is 1. The highest BCUT2D eigenvalue weighted by Gasteiger charge is 2.03. The number of nitrogens with one attached hydrogen (secondary N) is 1. The van der Waals surface area contributed by atoms with Crippen LogP contribution in [0.15, 0.2) is 29.4 Å². The molecule has 1 rings (SSSR count). The van der Waals surface area contributed by atoms with E-state index in [0.717, 1.165) is 5.69 Å². The normalized spacial score (nSPS) is 11.0. The van der Waals surface area contributed by atoms with E-state index in [0.29, 0.717) is 5.02 Å². The van der Waals surface area contributed by atoms with Gasteiger partial charge < -0.3 is 4.74 Å². The summed E-state index contributed by atoms with van der Waals surface area (Å²) in [4.78, 5) is 11.0. The molecule has 0 aliphatic heterocycles. The van der Waals surface area contributed by atoms with Gasteiger partial charge in [-0.2, -0.15) is 5.10 Å². The van der Waals surface area contributed by atoms with E-state index < -0.39 is 5.97 Å². The molecule has 1 N–H and O–H groups in total. The predicted octanol–water partition coefficient (Wildman–Crippen LogP) is 2.30. The van der Waals surface area contributed by atoms with Crippen LogP contribution in [-0.4, -0.2) is 18.8 Å². The van der Waals surface area contributed by atoms with E-state index in [1.165, 1.54) is 7.11 Å². The van der Waals surface area contributed by atoms with Gasteiger partial charge in [0.25, 0.3) is 0 Å². The van der Waals surface area contributed by atoms with Gasteiger partial charge in [0.2, 0.25) is 0 Å². The second-order valence-electron chi connectivity index (χ2n) is 2.81. The highest BCUT2D eigenvalue weighted by molar-refractivity contribution is 6.35. The maximum absolute atomic E-state index is 11.0. The van der Waals surface area contributed by atoms with Gasteiger partial charge >= 0.3 is 5.97 Å². The first kappa shape index (κ1) is 11.5. The van der Waals surface area contributed by atoms with Gasteiger partial charge in [-0.05, 0) is 31.2 Å². The van der Waals surface area contributed by atoms with Crippen molar-refractivity contribution in [1.29, 1.82) is 0 Å². The number of hydrogen-bond donors (Lipinski definition) is 1. The summed E-state index contributed by atoms with van der Waals surface area (Å²) in [6, 6.07) is 6.98. The maximum Gasteiger partial charge on any atom is 0.353 e. The Morgan fingerprint density at radius 1 is 1.40 bits per heavy atom. The lowest BCUT2D eigenvalue weighted by atomic mass is 10.3. The molecule has 0 heterocycles. The standard InChI is InChI=1S/C10H11ClN2O2/c1-7(10(14)15-2)12-13-9-5-3-8(11)4-6-9/h3-6,13H,1-2H3/b12-7-. The molecule has 1 aromatic rings. The smallest absolute Gasteiger partial charge is 0.353 e. The second kappa shape index (κ2) is 5.36. The fourth-order valence-electron chi connectivity index (χ4n) is 0.866. The number of rotatable bonds is 3. The molecule has 0 unspecified atom stereocenters. The Labute approximate surface area is 92.9 Å². The molecule has 5 heteroatoms. The third-order valence-electron chi connectivity index (χ3n) is 1.68. The van der Waals surface area contributed by atoms with Crippen LogP contribution in [-0.2, 0) is 9.53 Å². The first-order chi connectivity index (χ1) is 7.13. The zero-order valence-electron chi connectivity index (χ0n) is 8.45. The average Bonchev–Trinajstić information content (AvgIpc) is 2.26. The number of ether oxygens (including phenoxy) is 1. The van der Waals surface area contributed by atoms with Crippen molar-refractivity contribution >= 4 is 29.0 Å². The molecular formula is C10H11ClN2O2. The fourth-order valence-corrected chi connectivity index (χ4v) is 0.992. The number of carbonyl (C=O) groups excluding carboxylic acids is 1. The maximum atomic E-state index is 11.0. The topological polar surface area (TPSA) is 50.7 Å². The van der Waals surface area contributed by atoms with E-state index in [1.807, 2.05) is 0 Å². The molecule has 0 fully saturated rings. The molecule has 0 radical (unpaired) electrons. The number of anilines is 1. The van der Waals surface area contributed by atoms with E-state index in [1.54, 1.807) is 31.2 Å². The van der Waals surface area contributed by atoms with Gasteiger partial charge in [0.05, 0.1) is 12.8 Å². The van der Waals surface area contributed by atoms with Crippen LogP contribution < -0.4 is 5.43 Å². The zero-order valence-corrected chi connectivity index (χ0v) is 9.21. The second-order valence-corrected chi connectivity index (χ2v) is 3.24. The summed E-state index contributed by atoms with van der Waals surface area (Å²) in [6.45, 7) is 1.56. The lowest BCUT2D eigenvalue weighted by Crippen LogP contribution is -2.13. The molecule has 0 saturated carbocycles. The minimum Gasteiger partial charge on any atom is -0.464 e. The van der Waals surface area contributed by atoms with Gasteiger partial charge in [-0.1, -0.05) is 11.6 Å². The van der Waals surface area contributed by atoms with Crippen LogP contribution in [0.2, 0.25) is 5.02 Å². The Balaban J connectivity index is 2.63. The Kier molecular flexibility index (Phi) is 4.12. The van der Waals surface area contributed by atoms with Crippen LogP contribution in [0.5, 0.6) is 0 Å². The predicted molar refractivity (Wildman–Crippen MR) is 60.2 cm³/mol. The lowest BCUT2D eigenvalue weighted by Gasteiger charge is -2.01. The summed E-state index contributed by atoms with van der Waals surface area (Å²) in [7, 11) is 1.31. The highest BCUT2D eigenvalue weighted by Crippen LogP contribution is 2.13. The van der Waals surface area contributed by atoms with E-state index in [4.69, 9.17) is 11.6 Å². The summed E-state index contributed by atoms with van der Waals surface area (Å²) in [6.07, 6.45) is 0. The minimum atomic E-state index is -0.462. The SMILES string of the molecule is COC(=O)/C(C)=N\Nc1ccc(Cl)cc1. The number of hydrazone groups is 1. The molecule has 80 valence electrons. The van der Waals surface area contributed by atoms with Crippen molar-refractivity contribution in [2.75, 3.05) is 12.5 Å². The third kappa shape index (κ3) is 3.59. The first-order valence-corrected chi connectivity index (χ1v) is 4.65. The molecule has 4 nitrogen and oxygen atoms in total. The van der Waals surface area contributed by atoms with Gasteiger partial charge in [-0.3, -0.25) is 5.43 Å². The van der Waals surface area contributed by atoms with E-state index in [9.17, 15) is 4.79 Å². The van der Waals surface area contributed by atoms with Crippen molar-refractivity contribution in [3.8, 4) is 0 Å². The quantitative estimate of drug-likeness (QED) is 0.489. The van der Waals surface area contributed by atoms with Crippen molar-refractivity contribution < 1.29 is 9.53 Å². The number of carbonyl (C=O) groups is 1. The van der Waals surface area contributed by atoms with Crippen molar-refractivity contribution in [3.05, 3.63) is 29.3 Å². The third-order valence-corrected chi connectivity index (χ3v) is 1.93. The Bertz CT molecular complexity index is 374. The zero-order chi connectivity index (χ0) is 11.3. The number of nitrogens with zero attached hydrogens (tertiary/aromatic N) is 1. The molecule has 0 aromatic heterocycles. The molecule has 0 saturated heterocycles. The molecule has 15 heavy (non-hydrogen) atoms. The largest absolute Gasteiger partial charge is 0.464 e. The number of methoxy groups -OCH3 is 1. The molecule has 1 aromatic carbocycles. The van der Waals surface area contributed by atoms with Crippen molar-refractivity contribution in [2.24, 2.45) is 5.10 Å². The number of esters is 1. The fraction of sp³-hybridized carbons (Fsp3) is 0.200. The van der Waals surface area contributed by atoms with Crippen molar-refractivity contribution in [3.63, 3.8) is 0 Å². The first-order valence-electron chi connectivity index (χ1n) is 4.27. The minimum absolute atomic E-state index is 0.257. The van der Waals surface area contributed by atoms with Crippen LogP contribution in [0, 0.1) is 0 Å². The van der Waals surface area contributed by atoms with Crippen LogP contribution in [0.3, 0.4) is 0 Å². The van der Waals surface area contributed by atoms with Gasteiger partial charge in [0.1, 0.15) is 5.71 Å². The van der Waals surface area contributed by atoms with Gasteiger partial charge in [-0.25, -0.2) is 4.79 Å². The van der Waals surface area contributed by atoms with Crippen LogP contribution in [0.25, 0.3) is 0 Å². The van der Waals surface area contributed by atoms with Crippen molar-refractivity contribution in [2.45, 2.75) is 6.92 Å². The van der Waals surface area contributed by atoms with Crippen LogP contribution in [0.4, 0.5) is 5.69 Å². The molecule has 0 spiro atoms. The summed E-state index contributed by atoms with van der Waals surface area (Å²) >= 11 is 5.71. The molecule has 0 aliphatic rings. The summed E-state index contributed by atoms with van der Waals surface area (Å²) in [5.74, 6) is -0.462. The van der Waals surface area contributed by atoms with Gasteiger partial charge in [0.15, 0.2) is 0 Å². The molecule has 0 aliphatic carbocycles. The van der Waals surface area contributed by atoms with Crippen LogP contribution >= 0.6 is 11.6 Å². The Morgan fingerprint density at radius 2 is 2.00 bits per heavy atom.